The van der Waals surface area contributed by atoms with Crippen LogP contribution in [0, 0.1) is 0 Å². The minimum Gasteiger partial charge on any atom is -0.369 e. The molecule has 0 spiro atoms. The van der Waals surface area contributed by atoms with Crippen LogP contribution in [0.2, 0.25) is 5.15 Å². The number of hydrogen-bond donors (Lipinski definition) is 2. The highest BCUT2D eigenvalue weighted by molar-refractivity contribution is 7.88. The Hall–Kier alpha value is -1.25. The number of rotatable bonds is 7. The average molecular weight is 293 g/mol. The topological polar surface area (TPSA) is 101 Å². The van der Waals surface area contributed by atoms with Crippen LogP contribution in [0.1, 0.15) is 16.8 Å². The van der Waals surface area contributed by atoms with E-state index in [1.165, 1.54) is 6.33 Å². The molecule has 1 aromatic heterocycles. The van der Waals surface area contributed by atoms with E-state index in [0.29, 0.717) is 31.6 Å². The maximum Gasteiger partial charge on any atom is 0.208 e. The first-order valence-corrected chi connectivity index (χ1v) is 7.35. The molecule has 0 aromatic carbocycles. The third-order valence-corrected chi connectivity index (χ3v) is 2.99. The van der Waals surface area contributed by atoms with Crippen molar-refractivity contribution < 1.29 is 13.2 Å². The second kappa shape index (κ2) is 6.62. The van der Waals surface area contributed by atoms with Crippen molar-refractivity contribution in [3.63, 3.8) is 0 Å². The molecule has 0 radical (unpaired) electrons. The van der Waals surface area contributed by atoms with Gasteiger partial charge in [0.15, 0.2) is 6.29 Å². The van der Waals surface area contributed by atoms with Crippen molar-refractivity contribution in [1.82, 2.24) is 14.7 Å². The van der Waals surface area contributed by atoms with E-state index < -0.39 is 10.0 Å². The van der Waals surface area contributed by atoms with Gasteiger partial charge in [0.05, 0.1) is 11.8 Å². The molecule has 1 aromatic rings. The highest BCUT2D eigenvalue weighted by atomic mass is 35.5. The van der Waals surface area contributed by atoms with Crippen molar-refractivity contribution >= 4 is 33.7 Å². The van der Waals surface area contributed by atoms with Gasteiger partial charge in [-0.15, -0.1) is 0 Å². The summed E-state index contributed by atoms with van der Waals surface area (Å²) in [6.07, 6.45) is 3.45. The number of nitrogens with one attached hydrogen (secondary N) is 2. The fraction of sp³-hybridized carbons (Fsp3) is 0.444. The lowest BCUT2D eigenvalue weighted by molar-refractivity contribution is 0.112. The number of nitrogens with zero attached hydrogens (tertiary/aromatic N) is 2. The molecule has 0 fully saturated rings. The van der Waals surface area contributed by atoms with Gasteiger partial charge in [-0.2, -0.15) is 0 Å². The maximum absolute atomic E-state index is 10.8. The molecule has 0 saturated carbocycles. The highest BCUT2D eigenvalue weighted by Crippen LogP contribution is 2.16. The Balaban J connectivity index is 2.45. The number of hydrogen-bond acceptors (Lipinski definition) is 6. The molecule has 0 unspecified atom stereocenters. The molecular formula is C9H13ClN4O3S. The lowest BCUT2D eigenvalue weighted by Crippen LogP contribution is -2.24. The monoisotopic (exact) mass is 292 g/mol. The molecule has 0 aliphatic rings. The van der Waals surface area contributed by atoms with Gasteiger partial charge in [0.25, 0.3) is 0 Å². The normalized spacial score (nSPS) is 11.2. The standard InChI is InChI=1S/C9H13ClN4O3S/c1-18(16,17)14-4-2-3-11-9-7(5-15)8(10)12-6-13-9/h5-6,14H,2-4H2,1H3,(H,11,12,13). The summed E-state index contributed by atoms with van der Waals surface area (Å²) in [5.74, 6) is 0.337. The summed E-state index contributed by atoms with van der Waals surface area (Å²) >= 11 is 5.72. The average Bonchev–Trinajstić information content (AvgIpc) is 2.27. The molecule has 1 rings (SSSR count). The van der Waals surface area contributed by atoms with Crippen LogP contribution >= 0.6 is 11.6 Å². The lowest BCUT2D eigenvalue weighted by Gasteiger charge is -2.08. The molecule has 1 heterocycles. The van der Waals surface area contributed by atoms with Gasteiger partial charge in [-0.3, -0.25) is 4.79 Å². The zero-order valence-corrected chi connectivity index (χ0v) is 11.3. The summed E-state index contributed by atoms with van der Waals surface area (Å²) < 4.78 is 23.9. The van der Waals surface area contributed by atoms with Gasteiger partial charge >= 0.3 is 0 Å². The van der Waals surface area contributed by atoms with E-state index >= 15 is 0 Å². The van der Waals surface area contributed by atoms with Gasteiger partial charge in [-0.25, -0.2) is 23.1 Å². The number of halogens is 1. The Morgan fingerprint density at radius 2 is 2.11 bits per heavy atom. The number of carbonyl (C=O) groups excluding carboxylic acids is 1. The zero-order chi connectivity index (χ0) is 13.6. The molecule has 0 bridgehead atoms. The summed E-state index contributed by atoms with van der Waals surface area (Å²) in [7, 11) is -3.17. The van der Waals surface area contributed by atoms with Crippen LogP contribution in [0.4, 0.5) is 5.82 Å². The molecule has 0 atom stereocenters. The predicted molar refractivity (Wildman–Crippen MR) is 68.4 cm³/mol. The third kappa shape index (κ3) is 4.94. The fourth-order valence-electron chi connectivity index (χ4n) is 1.17. The van der Waals surface area contributed by atoms with Crippen LogP contribution in [0.15, 0.2) is 6.33 Å². The van der Waals surface area contributed by atoms with Crippen LogP contribution in [0.25, 0.3) is 0 Å². The fourth-order valence-corrected chi connectivity index (χ4v) is 1.86. The smallest absolute Gasteiger partial charge is 0.208 e. The van der Waals surface area contributed by atoms with E-state index in [1.54, 1.807) is 0 Å². The van der Waals surface area contributed by atoms with Gasteiger partial charge in [-0.05, 0) is 6.42 Å². The summed E-state index contributed by atoms with van der Waals surface area (Å²) in [5.41, 5.74) is 0.190. The van der Waals surface area contributed by atoms with Gasteiger partial charge < -0.3 is 5.32 Å². The molecule has 100 valence electrons. The predicted octanol–water partition coefficient (Wildman–Crippen LogP) is 0.294. The van der Waals surface area contributed by atoms with Crippen molar-refractivity contribution in [2.45, 2.75) is 6.42 Å². The maximum atomic E-state index is 10.8. The molecule has 0 amide bonds. The highest BCUT2D eigenvalue weighted by Gasteiger charge is 2.08. The first kappa shape index (κ1) is 14.8. The lowest BCUT2D eigenvalue weighted by atomic mass is 10.3. The Labute approximate surface area is 110 Å². The summed E-state index contributed by atoms with van der Waals surface area (Å²) in [4.78, 5) is 18.3. The molecule has 0 aliphatic heterocycles. The molecule has 18 heavy (non-hydrogen) atoms. The molecule has 7 nitrogen and oxygen atoms in total. The third-order valence-electron chi connectivity index (χ3n) is 1.96. The molecule has 2 N–H and O–H groups in total. The van der Waals surface area contributed by atoms with Gasteiger partial charge in [0.1, 0.15) is 17.3 Å². The largest absolute Gasteiger partial charge is 0.369 e. The second-order valence-corrected chi connectivity index (χ2v) is 5.68. The van der Waals surface area contributed by atoms with Crippen LogP contribution < -0.4 is 10.0 Å². The van der Waals surface area contributed by atoms with Gasteiger partial charge in [0.2, 0.25) is 10.0 Å². The van der Waals surface area contributed by atoms with E-state index in [2.05, 4.69) is 20.0 Å². The van der Waals surface area contributed by atoms with E-state index in [9.17, 15) is 13.2 Å². The van der Waals surface area contributed by atoms with E-state index in [4.69, 9.17) is 11.6 Å². The van der Waals surface area contributed by atoms with E-state index in [1.807, 2.05) is 0 Å². The van der Waals surface area contributed by atoms with E-state index in [0.717, 1.165) is 6.26 Å². The molecular weight excluding hydrogens is 280 g/mol. The number of anilines is 1. The first-order valence-electron chi connectivity index (χ1n) is 5.08. The van der Waals surface area contributed by atoms with Gasteiger partial charge in [-0.1, -0.05) is 11.6 Å². The summed E-state index contributed by atoms with van der Waals surface area (Å²) in [5, 5.41) is 2.97. The molecule has 0 saturated heterocycles. The van der Waals surface area contributed by atoms with Crippen molar-refractivity contribution in [3.05, 3.63) is 17.0 Å². The summed E-state index contributed by atoms with van der Waals surface area (Å²) in [6.45, 7) is 0.762. The zero-order valence-electron chi connectivity index (χ0n) is 9.68. The van der Waals surface area contributed by atoms with Crippen molar-refractivity contribution in [2.75, 3.05) is 24.7 Å². The van der Waals surface area contributed by atoms with Crippen LogP contribution in [0.5, 0.6) is 0 Å². The Morgan fingerprint density at radius 3 is 2.72 bits per heavy atom. The molecule has 0 aliphatic carbocycles. The van der Waals surface area contributed by atoms with Crippen LogP contribution in [-0.4, -0.2) is 44.0 Å². The number of aldehydes is 1. The van der Waals surface area contributed by atoms with Gasteiger partial charge in [0, 0.05) is 13.1 Å². The van der Waals surface area contributed by atoms with E-state index in [-0.39, 0.29) is 10.7 Å². The van der Waals surface area contributed by atoms with Crippen LogP contribution in [0.3, 0.4) is 0 Å². The quantitative estimate of drug-likeness (QED) is 0.426. The number of carbonyl (C=O) groups is 1. The Kier molecular flexibility index (Phi) is 5.45. The summed E-state index contributed by atoms with van der Waals surface area (Å²) in [6, 6.07) is 0. The Morgan fingerprint density at radius 1 is 1.39 bits per heavy atom. The Bertz CT molecular complexity index is 521. The first-order chi connectivity index (χ1) is 8.44. The number of aromatic nitrogens is 2. The minimum absolute atomic E-state index is 0.0803. The van der Waals surface area contributed by atoms with Crippen molar-refractivity contribution in [2.24, 2.45) is 0 Å². The SMILES string of the molecule is CS(=O)(=O)NCCCNc1ncnc(Cl)c1C=O. The minimum atomic E-state index is -3.17. The second-order valence-electron chi connectivity index (χ2n) is 3.49. The molecule has 9 heteroatoms. The number of sulfonamides is 1. The van der Waals surface area contributed by atoms with Crippen molar-refractivity contribution in [3.8, 4) is 0 Å². The van der Waals surface area contributed by atoms with Crippen molar-refractivity contribution in [1.29, 1.82) is 0 Å². The van der Waals surface area contributed by atoms with Crippen LogP contribution in [-0.2, 0) is 10.0 Å².